The van der Waals surface area contributed by atoms with Crippen molar-refractivity contribution in [2.45, 2.75) is 38.0 Å². The Morgan fingerprint density at radius 2 is 1.32 bits per heavy atom. The maximum Gasteiger partial charge on any atom is 0.0948 e. The fourth-order valence-electron chi connectivity index (χ4n) is 5.39. The van der Waals surface area contributed by atoms with Gasteiger partial charge in [-0.1, -0.05) is 85.8 Å². The minimum absolute atomic E-state index is 0.158. The molecule has 142 valence electrons. The Kier molecular flexibility index (Phi) is 4.15. The van der Waals surface area contributed by atoms with E-state index in [0.29, 0.717) is 0 Å². The molecule has 1 saturated heterocycles. The summed E-state index contributed by atoms with van der Waals surface area (Å²) in [4.78, 5) is 2.60. The molecule has 2 aliphatic rings. The molecule has 0 bridgehead atoms. The molecule has 3 atom stereocenters. The molecule has 0 radical (unpaired) electrons. The first kappa shape index (κ1) is 17.7. The molecule has 1 heterocycles. The van der Waals surface area contributed by atoms with E-state index in [0.717, 1.165) is 18.5 Å². The zero-order valence-corrected chi connectivity index (χ0v) is 16.5. The van der Waals surface area contributed by atoms with Gasteiger partial charge in [0.05, 0.1) is 11.6 Å². The Morgan fingerprint density at radius 1 is 0.786 bits per heavy atom. The minimum atomic E-state index is -0.769. The summed E-state index contributed by atoms with van der Waals surface area (Å²) in [5, 5.41) is 11.6. The number of rotatable bonds is 2. The van der Waals surface area contributed by atoms with E-state index in [-0.39, 0.29) is 18.0 Å². The zero-order chi connectivity index (χ0) is 19.3. The highest BCUT2D eigenvalue weighted by Gasteiger charge is 2.46. The van der Waals surface area contributed by atoms with E-state index in [2.05, 4.69) is 79.4 Å². The average Bonchev–Trinajstić information content (AvgIpc) is 3.06. The molecule has 0 aromatic heterocycles. The van der Waals surface area contributed by atoms with Crippen molar-refractivity contribution in [3.8, 4) is 11.1 Å². The van der Waals surface area contributed by atoms with E-state index in [9.17, 15) is 5.11 Å². The number of benzene rings is 3. The predicted octanol–water partition coefficient (Wildman–Crippen LogP) is 5.37. The van der Waals surface area contributed by atoms with Gasteiger partial charge in [-0.05, 0) is 41.2 Å². The molecule has 1 aliphatic carbocycles. The SMILES string of the molecule is CC1CC(O)(c2ccccc2)C(C)CN1C1c2ccccc2-c2ccccc21. The largest absolute Gasteiger partial charge is 0.385 e. The summed E-state index contributed by atoms with van der Waals surface area (Å²) in [6, 6.07) is 28.4. The third kappa shape index (κ3) is 2.56. The first-order valence-electron chi connectivity index (χ1n) is 10.3. The van der Waals surface area contributed by atoms with Gasteiger partial charge in [-0.15, -0.1) is 0 Å². The first-order valence-corrected chi connectivity index (χ1v) is 10.3. The number of hydrogen-bond donors (Lipinski definition) is 1. The molecule has 3 aromatic rings. The van der Waals surface area contributed by atoms with Crippen LogP contribution < -0.4 is 0 Å². The lowest BCUT2D eigenvalue weighted by Crippen LogP contribution is -2.53. The van der Waals surface area contributed by atoms with Gasteiger partial charge in [0.1, 0.15) is 0 Å². The van der Waals surface area contributed by atoms with Crippen LogP contribution in [-0.4, -0.2) is 22.6 Å². The van der Waals surface area contributed by atoms with Gasteiger partial charge in [0, 0.05) is 18.5 Å². The number of hydrogen-bond acceptors (Lipinski definition) is 2. The van der Waals surface area contributed by atoms with Crippen LogP contribution in [-0.2, 0) is 5.60 Å². The number of fused-ring (bicyclic) bond motifs is 3. The van der Waals surface area contributed by atoms with Gasteiger partial charge in [0.25, 0.3) is 0 Å². The third-order valence-corrected chi connectivity index (χ3v) is 6.88. The third-order valence-electron chi connectivity index (χ3n) is 6.88. The molecule has 28 heavy (non-hydrogen) atoms. The molecule has 0 saturated carbocycles. The van der Waals surface area contributed by atoms with Crippen molar-refractivity contribution in [2.24, 2.45) is 5.92 Å². The van der Waals surface area contributed by atoms with Crippen LogP contribution in [0.4, 0.5) is 0 Å². The molecule has 3 unspecified atom stereocenters. The molecule has 1 fully saturated rings. The summed E-state index contributed by atoms with van der Waals surface area (Å²) in [5.74, 6) is 0.158. The van der Waals surface area contributed by atoms with Crippen molar-refractivity contribution in [1.82, 2.24) is 4.90 Å². The summed E-state index contributed by atoms with van der Waals surface area (Å²) in [5.41, 5.74) is 5.77. The van der Waals surface area contributed by atoms with E-state index in [1.807, 2.05) is 18.2 Å². The smallest absolute Gasteiger partial charge is 0.0948 e. The molecule has 1 N–H and O–H groups in total. The highest BCUT2D eigenvalue weighted by molar-refractivity contribution is 5.78. The lowest BCUT2D eigenvalue weighted by atomic mass is 9.73. The van der Waals surface area contributed by atoms with Gasteiger partial charge in [-0.2, -0.15) is 0 Å². The topological polar surface area (TPSA) is 23.5 Å². The highest BCUT2D eigenvalue weighted by Crippen LogP contribution is 2.50. The van der Waals surface area contributed by atoms with Crippen LogP contribution in [0.3, 0.4) is 0 Å². The van der Waals surface area contributed by atoms with Crippen LogP contribution in [0.15, 0.2) is 78.9 Å². The van der Waals surface area contributed by atoms with Crippen LogP contribution in [0.1, 0.15) is 43.0 Å². The molecule has 5 rings (SSSR count). The van der Waals surface area contributed by atoms with Crippen LogP contribution in [0.25, 0.3) is 11.1 Å². The van der Waals surface area contributed by atoms with Gasteiger partial charge in [0.2, 0.25) is 0 Å². The van der Waals surface area contributed by atoms with E-state index >= 15 is 0 Å². The van der Waals surface area contributed by atoms with Gasteiger partial charge in [-0.25, -0.2) is 0 Å². The van der Waals surface area contributed by atoms with E-state index < -0.39 is 5.60 Å². The Morgan fingerprint density at radius 3 is 1.93 bits per heavy atom. The van der Waals surface area contributed by atoms with Gasteiger partial charge < -0.3 is 5.11 Å². The van der Waals surface area contributed by atoms with Crippen LogP contribution in [0.2, 0.25) is 0 Å². The maximum absolute atomic E-state index is 11.6. The van der Waals surface area contributed by atoms with Gasteiger partial charge in [-0.3, -0.25) is 4.90 Å². The summed E-state index contributed by atoms with van der Waals surface area (Å²) in [7, 11) is 0. The molecule has 2 heteroatoms. The Hall–Kier alpha value is -2.42. The first-order chi connectivity index (χ1) is 13.6. The Balaban J connectivity index is 1.54. The molecule has 2 nitrogen and oxygen atoms in total. The molecule has 0 spiro atoms. The molecule has 3 aromatic carbocycles. The number of piperidine rings is 1. The van der Waals surface area contributed by atoms with Crippen LogP contribution in [0.5, 0.6) is 0 Å². The normalized spacial score (nSPS) is 27.4. The second-order valence-corrected chi connectivity index (χ2v) is 8.52. The minimum Gasteiger partial charge on any atom is -0.385 e. The fraction of sp³-hybridized carbons (Fsp3) is 0.308. The summed E-state index contributed by atoms with van der Waals surface area (Å²) in [6.45, 7) is 5.34. The van der Waals surface area contributed by atoms with Crippen molar-refractivity contribution >= 4 is 0 Å². The Bertz CT molecular complexity index is 953. The number of likely N-dealkylation sites (tertiary alicyclic amines) is 1. The van der Waals surface area contributed by atoms with Crippen molar-refractivity contribution in [3.63, 3.8) is 0 Å². The van der Waals surface area contributed by atoms with Crippen molar-refractivity contribution in [1.29, 1.82) is 0 Å². The van der Waals surface area contributed by atoms with Crippen molar-refractivity contribution < 1.29 is 5.11 Å². The average molecular weight is 370 g/mol. The van der Waals surface area contributed by atoms with Crippen LogP contribution in [0, 0.1) is 5.92 Å². The van der Waals surface area contributed by atoms with E-state index in [1.54, 1.807) is 0 Å². The molecule has 0 amide bonds. The van der Waals surface area contributed by atoms with E-state index in [1.165, 1.54) is 22.3 Å². The quantitative estimate of drug-likeness (QED) is 0.656. The van der Waals surface area contributed by atoms with E-state index in [4.69, 9.17) is 0 Å². The van der Waals surface area contributed by atoms with Crippen molar-refractivity contribution in [3.05, 3.63) is 95.6 Å². The predicted molar refractivity (Wildman–Crippen MR) is 114 cm³/mol. The molecular formula is C26H27NO. The second kappa shape index (κ2) is 6.58. The Labute approximate surface area is 167 Å². The molecular weight excluding hydrogens is 342 g/mol. The second-order valence-electron chi connectivity index (χ2n) is 8.52. The summed E-state index contributed by atoms with van der Waals surface area (Å²) in [6.07, 6.45) is 0.749. The maximum atomic E-state index is 11.6. The number of aliphatic hydroxyl groups is 1. The summed E-state index contributed by atoms with van der Waals surface area (Å²) >= 11 is 0. The zero-order valence-electron chi connectivity index (χ0n) is 16.5. The fourth-order valence-corrected chi connectivity index (χ4v) is 5.39. The van der Waals surface area contributed by atoms with Gasteiger partial charge >= 0.3 is 0 Å². The molecule has 1 aliphatic heterocycles. The lowest BCUT2D eigenvalue weighted by Gasteiger charge is -2.49. The summed E-state index contributed by atoms with van der Waals surface area (Å²) < 4.78 is 0. The monoisotopic (exact) mass is 369 g/mol. The van der Waals surface area contributed by atoms with Crippen LogP contribution >= 0.6 is 0 Å². The number of nitrogens with zero attached hydrogens (tertiary/aromatic N) is 1. The highest BCUT2D eigenvalue weighted by atomic mass is 16.3. The van der Waals surface area contributed by atoms with Crippen molar-refractivity contribution in [2.75, 3.05) is 6.54 Å². The van der Waals surface area contributed by atoms with Gasteiger partial charge in [0.15, 0.2) is 0 Å². The standard InChI is InChI=1S/C26H27NO/c1-18-17-27(19(2)16-26(18,28)20-10-4-3-5-11-20)25-23-14-8-6-12-21(23)22-13-7-9-15-24(22)25/h3-15,18-19,25,28H,16-17H2,1-2H3. The lowest BCUT2D eigenvalue weighted by molar-refractivity contribution is -0.0973.